The van der Waals surface area contributed by atoms with Crippen molar-refractivity contribution in [2.24, 2.45) is 5.41 Å². The molecule has 3 rings (SSSR count). The molecule has 1 aromatic rings. The van der Waals surface area contributed by atoms with Gasteiger partial charge in [0, 0.05) is 22.4 Å². The lowest BCUT2D eigenvalue weighted by Crippen LogP contribution is -2.64. The van der Waals surface area contributed by atoms with Gasteiger partial charge in [-0.1, -0.05) is 53.2 Å². The highest BCUT2D eigenvalue weighted by Crippen LogP contribution is 2.52. The van der Waals surface area contributed by atoms with Crippen molar-refractivity contribution in [3.05, 3.63) is 27.7 Å². The van der Waals surface area contributed by atoms with Crippen LogP contribution in [0.15, 0.2) is 22.7 Å². The molecule has 1 aromatic carbocycles. The van der Waals surface area contributed by atoms with Gasteiger partial charge >= 0.3 is 0 Å². The van der Waals surface area contributed by atoms with Crippen LogP contribution in [0.4, 0.5) is 0 Å². The minimum absolute atomic E-state index is 0.298. The lowest BCUT2D eigenvalue weighted by molar-refractivity contribution is -0.0881. The van der Waals surface area contributed by atoms with Gasteiger partial charge in [0.15, 0.2) is 0 Å². The second-order valence-corrected chi connectivity index (χ2v) is 7.73. The third kappa shape index (κ3) is 2.97. The van der Waals surface area contributed by atoms with E-state index in [1.807, 2.05) is 18.2 Å². The maximum atomic E-state index is 6.32. The lowest BCUT2D eigenvalue weighted by Gasteiger charge is -2.55. The molecule has 2 unspecified atom stereocenters. The smallest absolute Gasteiger partial charge is 0.138 e. The van der Waals surface area contributed by atoms with Crippen LogP contribution in [0.5, 0.6) is 5.75 Å². The molecule has 1 spiro atoms. The van der Waals surface area contributed by atoms with Crippen molar-refractivity contribution in [1.82, 2.24) is 5.32 Å². The summed E-state index contributed by atoms with van der Waals surface area (Å²) in [6.45, 7) is 0. The number of nitrogens with one attached hydrogen (secondary N) is 1. The summed E-state index contributed by atoms with van der Waals surface area (Å²) in [7, 11) is 2.08. The zero-order valence-corrected chi connectivity index (χ0v) is 14.8. The van der Waals surface area contributed by atoms with E-state index < -0.39 is 0 Å². The van der Waals surface area contributed by atoms with Crippen LogP contribution in [0.1, 0.15) is 44.9 Å². The Morgan fingerprint density at radius 2 is 1.95 bits per heavy atom. The SMILES string of the molecule is CNC1CC(Oc2ccc(Br)cc2Cl)C12CCCCCC2. The minimum Gasteiger partial charge on any atom is -0.488 e. The number of halogens is 2. The highest BCUT2D eigenvalue weighted by molar-refractivity contribution is 9.10. The molecule has 21 heavy (non-hydrogen) atoms. The number of benzene rings is 1. The van der Waals surface area contributed by atoms with Crippen LogP contribution in [0.25, 0.3) is 0 Å². The highest BCUT2D eigenvalue weighted by Gasteiger charge is 2.55. The number of hydrogen-bond donors (Lipinski definition) is 1. The van der Waals surface area contributed by atoms with E-state index in [-0.39, 0.29) is 0 Å². The van der Waals surface area contributed by atoms with E-state index in [1.165, 1.54) is 38.5 Å². The van der Waals surface area contributed by atoms with Gasteiger partial charge in [0.25, 0.3) is 0 Å². The third-order valence-electron chi connectivity index (χ3n) is 5.33. The van der Waals surface area contributed by atoms with E-state index in [4.69, 9.17) is 16.3 Å². The van der Waals surface area contributed by atoms with Gasteiger partial charge in [0.1, 0.15) is 11.9 Å². The standard InChI is InChI=1S/C17H23BrClNO/c1-20-15-11-16(17(15)8-4-2-3-5-9-17)21-14-7-6-12(18)10-13(14)19/h6-7,10,15-16,20H,2-5,8-9,11H2,1H3. The summed E-state index contributed by atoms with van der Waals surface area (Å²) >= 11 is 9.76. The fraction of sp³-hybridized carbons (Fsp3) is 0.647. The zero-order chi connectivity index (χ0) is 14.9. The Morgan fingerprint density at radius 1 is 1.24 bits per heavy atom. The summed E-state index contributed by atoms with van der Waals surface area (Å²) < 4.78 is 7.32. The van der Waals surface area contributed by atoms with Crippen molar-refractivity contribution in [3.63, 3.8) is 0 Å². The van der Waals surface area contributed by atoms with Crippen molar-refractivity contribution in [2.45, 2.75) is 57.1 Å². The first-order valence-corrected chi connectivity index (χ1v) is 9.12. The van der Waals surface area contributed by atoms with Gasteiger partial charge in [-0.3, -0.25) is 0 Å². The van der Waals surface area contributed by atoms with Crippen molar-refractivity contribution >= 4 is 27.5 Å². The maximum Gasteiger partial charge on any atom is 0.138 e. The molecule has 0 radical (unpaired) electrons. The van der Waals surface area contributed by atoms with Gasteiger partial charge in [0.2, 0.25) is 0 Å². The van der Waals surface area contributed by atoms with Crippen LogP contribution < -0.4 is 10.1 Å². The van der Waals surface area contributed by atoms with Crippen molar-refractivity contribution in [2.75, 3.05) is 7.05 Å². The maximum absolute atomic E-state index is 6.32. The molecule has 2 nitrogen and oxygen atoms in total. The van der Waals surface area contributed by atoms with Crippen LogP contribution in [-0.4, -0.2) is 19.2 Å². The van der Waals surface area contributed by atoms with Crippen molar-refractivity contribution in [3.8, 4) is 5.75 Å². The van der Waals surface area contributed by atoms with Gasteiger partial charge in [-0.25, -0.2) is 0 Å². The topological polar surface area (TPSA) is 21.3 Å². The average Bonchev–Trinajstić information content (AvgIpc) is 2.72. The zero-order valence-electron chi connectivity index (χ0n) is 12.5. The Hall–Kier alpha value is -0.250. The summed E-state index contributed by atoms with van der Waals surface area (Å²) in [5.41, 5.74) is 0.307. The predicted octanol–water partition coefficient (Wildman–Crippen LogP) is 5.18. The van der Waals surface area contributed by atoms with Crippen LogP contribution in [0.2, 0.25) is 5.02 Å². The molecule has 116 valence electrons. The van der Waals surface area contributed by atoms with Crippen LogP contribution in [-0.2, 0) is 0 Å². The summed E-state index contributed by atoms with van der Waals surface area (Å²) in [6, 6.07) is 6.47. The summed E-state index contributed by atoms with van der Waals surface area (Å²) in [4.78, 5) is 0. The monoisotopic (exact) mass is 371 g/mol. The molecule has 2 aliphatic rings. The molecule has 2 saturated carbocycles. The molecular formula is C17H23BrClNO. The fourth-order valence-corrected chi connectivity index (χ4v) is 4.82. The van der Waals surface area contributed by atoms with Crippen molar-refractivity contribution in [1.29, 1.82) is 0 Å². The quantitative estimate of drug-likeness (QED) is 0.789. The van der Waals surface area contributed by atoms with E-state index in [1.54, 1.807) is 0 Å². The van der Waals surface area contributed by atoms with Crippen molar-refractivity contribution < 1.29 is 4.74 Å². The predicted molar refractivity (Wildman–Crippen MR) is 91.2 cm³/mol. The molecule has 0 amide bonds. The third-order valence-corrected chi connectivity index (χ3v) is 6.12. The number of hydrogen-bond acceptors (Lipinski definition) is 2. The van der Waals surface area contributed by atoms with Gasteiger partial charge in [-0.2, -0.15) is 0 Å². The van der Waals surface area contributed by atoms with Crippen LogP contribution in [0.3, 0.4) is 0 Å². The van der Waals surface area contributed by atoms with E-state index in [0.717, 1.165) is 16.6 Å². The van der Waals surface area contributed by atoms with Gasteiger partial charge in [-0.05, 0) is 38.1 Å². The fourth-order valence-electron chi connectivity index (χ4n) is 4.10. The van der Waals surface area contributed by atoms with E-state index in [2.05, 4.69) is 28.3 Å². The molecule has 2 fully saturated rings. The molecule has 1 N–H and O–H groups in total. The normalized spacial score (nSPS) is 28.0. The van der Waals surface area contributed by atoms with Crippen LogP contribution >= 0.6 is 27.5 Å². The first-order chi connectivity index (χ1) is 10.2. The first-order valence-electron chi connectivity index (χ1n) is 7.95. The Labute approximate surface area is 140 Å². The first kappa shape index (κ1) is 15.6. The lowest BCUT2D eigenvalue weighted by atomic mass is 9.58. The summed E-state index contributed by atoms with van der Waals surface area (Å²) in [5, 5.41) is 4.20. The largest absolute Gasteiger partial charge is 0.488 e. The molecule has 0 saturated heterocycles. The molecule has 2 aliphatic carbocycles. The van der Waals surface area contributed by atoms with Crippen LogP contribution in [0, 0.1) is 5.41 Å². The Bertz CT molecular complexity index is 500. The Morgan fingerprint density at radius 3 is 2.57 bits per heavy atom. The second kappa shape index (κ2) is 6.47. The molecule has 0 heterocycles. The molecule has 4 heteroatoms. The number of rotatable bonds is 3. The van der Waals surface area contributed by atoms with Gasteiger partial charge in [0.05, 0.1) is 5.02 Å². The van der Waals surface area contributed by atoms with E-state index in [0.29, 0.717) is 22.6 Å². The highest BCUT2D eigenvalue weighted by atomic mass is 79.9. The molecule has 0 bridgehead atoms. The number of ether oxygens (including phenoxy) is 1. The Balaban J connectivity index is 1.78. The van der Waals surface area contributed by atoms with Gasteiger partial charge in [-0.15, -0.1) is 0 Å². The van der Waals surface area contributed by atoms with Gasteiger partial charge < -0.3 is 10.1 Å². The van der Waals surface area contributed by atoms with E-state index >= 15 is 0 Å². The average molecular weight is 373 g/mol. The molecule has 0 aliphatic heterocycles. The second-order valence-electron chi connectivity index (χ2n) is 6.41. The molecule has 2 atom stereocenters. The molecular weight excluding hydrogens is 350 g/mol. The summed E-state index contributed by atoms with van der Waals surface area (Å²) in [6.07, 6.45) is 9.32. The molecule has 0 aromatic heterocycles. The summed E-state index contributed by atoms with van der Waals surface area (Å²) in [5.74, 6) is 0.822. The minimum atomic E-state index is 0.298. The Kier molecular flexibility index (Phi) is 4.82. The van der Waals surface area contributed by atoms with E-state index in [9.17, 15) is 0 Å².